The fourth-order valence-corrected chi connectivity index (χ4v) is 8.10. The zero-order chi connectivity index (χ0) is 41.0. The van der Waals surface area contributed by atoms with Gasteiger partial charge in [0.05, 0.1) is 35.4 Å². The molecule has 1 aromatic carbocycles. The number of hydrogen-bond donors (Lipinski definition) is 3. The van der Waals surface area contributed by atoms with Crippen LogP contribution in [0.15, 0.2) is 18.2 Å². The summed E-state index contributed by atoms with van der Waals surface area (Å²) >= 11 is 0. The first-order valence-corrected chi connectivity index (χ1v) is 20.0. The fraction of sp³-hybridized carbons (Fsp3) is 0.667. The molecule has 0 unspecified atom stereocenters. The molecule has 4 aliphatic rings. The fourth-order valence-electron chi connectivity index (χ4n) is 6.78. The van der Waals surface area contributed by atoms with E-state index in [4.69, 9.17) is 14.2 Å². The molecule has 3 N–H and O–H groups in total. The summed E-state index contributed by atoms with van der Waals surface area (Å²) in [6.45, 7) is 5.18. The first kappa shape index (κ1) is 41.2. The molecule has 5 atom stereocenters. The van der Waals surface area contributed by atoms with Crippen molar-refractivity contribution in [3.8, 4) is 11.6 Å². The van der Waals surface area contributed by atoms with E-state index in [1.54, 1.807) is 13.8 Å². The molecule has 0 radical (unpaired) electrons. The van der Waals surface area contributed by atoms with Crippen LogP contribution < -0.4 is 24.8 Å². The standard InChI is InChI=1S/C36H46F4N6O9S/c1-6-7-10-36(39,40)27-30(43-23-15-20(53-5)8-9-22(23)42-27)54-24-18-46(25(47)17-41-32(50)55-33(3)11-12-33)26(19(24)2)29(48)44-35(16-21(35)28(37)38)31(49)45-56(51,52)34(4)13-14-34/h8-9,15,19,21,24,26,28H,6-7,10-14,16-18H2,1-5H3,(H,41,50)(H,44,48)(H,45,49)/t19-,21+,24+,26+,35-/m1/s1. The van der Waals surface area contributed by atoms with E-state index in [0.29, 0.717) is 25.0 Å². The monoisotopic (exact) mass is 814 g/mol. The molecule has 56 heavy (non-hydrogen) atoms. The van der Waals surface area contributed by atoms with E-state index in [1.807, 2.05) is 4.72 Å². The van der Waals surface area contributed by atoms with Crippen molar-refractivity contribution in [3.05, 3.63) is 23.9 Å². The number of aromatic nitrogens is 2. The Bertz CT molecular complexity index is 2010. The highest BCUT2D eigenvalue weighted by Crippen LogP contribution is 2.50. The van der Waals surface area contributed by atoms with Crippen LogP contribution in [0, 0.1) is 11.8 Å². The normalized spacial score (nSPS) is 26.0. The average molecular weight is 815 g/mol. The van der Waals surface area contributed by atoms with E-state index < -0.39 is 124 Å². The number of sulfonamides is 1. The molecule has 15 nitrogen and oxygen atoms in total. The minimum atomic E-state index is -4.29. The largest absolute Gasteiger partial charge is 0.497 e. The second kappa shape index (κ2) is 14.8. The highest BCUT2D eigenvalue weighted by Gasteiger charge is 2.67. The third-order valence-corrected chi connectivity index (χ3v) is 13.4. The SMILES string of the molecule is CCCCC(F)(F)c1nc2ccc(OC)cc2nc1O[C@H]1CN(C(=O)CNC(=O)OC2(C)CC2)[C@H](C(=O)N[C@]2(C(=O)NS(=O)(=O)C3(C)CC3)C[C@H]2C(F)F)[C@@H]1C. The van der Waals surface area contributed by atoms with E-state index in [2.05, 4.69) is 20.6 Å². The van der Waals surface area contributed by atoms with Crippen LogP contribution in [0.2, 0.25) is 0 Å². The van der Waals surface area contributed by atoms with Gasteiger partial charge in [-0.1, -0.05) is 20.3 Å². The van der Waals surface area contributed by atoms with Gasteiger partial charge in [0, 0.05) is 18.4 Å². The number of hydrogen-bond acceptors (Lipinski definition) is 11. The third-order valence-electron chi connectivity index (χ3n) is 11.3. The van der Waals surface area contributed by atoms with Crippen LogP contribution in [-0.2, 0) is 35.1 Å². The minimum absolute atomic E-state index is 0.121. The van der Waals surface area contributed by atoms with E-state index >= 15 is 8.78 Å². The summed E-state index contributed by atoms with van der Waals surface area (Å²) in [7, 11) is -2.89. The van der Waals surface area contributed by atoms with Gasteiger partial charge in [-0.15, -0.1) is 0 Å². The Hall–Kier alpha value is -4.49. The number of fused-ring (bicyclic) bond motifs is 1. The van der Waals surface area contributed by atoms with Crippen molar-refractivity contribution in [1.82, 2.24) is 30.2 Å². The number of methoxy groups -OCH3 is 1. The predicted molar refractivity (Wildman–Crippen MR) is 190 cm³/mol. The highest BCUT2D eigenvalue weighted by atomic mass is 32.2. The van der Waals surface area contributed by atoms with Gasteiger partial charge in [0.25, 0.3) is 11.8 Å². The molecule has 4 fully saturated rings. The molecule has 20 heteroatoms. The quantitative estimate of drug-likeness (QED) is 0.208. The molecular formula is C36H46F4N6O9S. The molecule has 0 bridgehead atoms. The lowest BCUT2D eigenvalue weighted by Gasteiger charge is -2.28. The number of carbonyl (C=O) groups is 4. The number of carbonyl (C=O) groups excluding carboxylic acids is 4. The summed E-state index contributed by atoms with van der Waals surface area (Å²) in [6, 6.07) is 2.87. The molecule has 0 spiro atoms. The summed E-state index contributed by atoms with van der Waals surface area (Å²) in [5.41, 5.74) is -3.53. The molecule has 2 aromatic rings. The maximum atomic E-state index is 15.8. The van der Waals surface area contributed by atoms with Crippen LogP contribution in [0.5, 0.6) is 11.6 Å². The maximum Gasteiger partial charge on any atom is 0.408 e. The Morgan fingerprint density at radius 2 is 1.77 bits per heavy atom. The van der Waals surface area contributed by atoms with E-state index in [9.17, 15) is 36.4 Å². The Labute approximate surface area is 321 Å². The van der Waals surface area contributed by atoms with Gasteiger partial charge in [-0.2, -0.15) is 8.78 Å². The second-order valence-corrected chi connectivity index (χ2v) is 17.9. The topological polar surface area (TPSA) is 195 Å². The van der Waals surface area contributed by atoms with Crippen molar-refractivity contribution < 1.29 is 59.4 Å². The van der Waals surface area contributed by atoms with E-state index in [0.717, 1.165) is 4.90 Å². The van der Waals surface area contributed by atoms with Crippen LogP contribution in [0.25, 0.3) is 11.0 Å². The van der Waals surface area contributed by atoms with Gasteiger partial charge in [-0.05, 0) is 64.5 Å². The third kappa shape index (κ3) is 8.16. The average Bonchev–Trinajstić information content (AvgIpc) is 4.09. The lowest BCUT2D eigenvalue weighted by atomic mass is 9.98. The van der Waals surface area contributed by atoms with Gasteiger partial charge in [0.2, 0.25) is 34.1 Å². The molecule has 308 valence electrons. The van der Waals surface area contributed by atoms with Crippen LogP contribution in [0.4, 0.5) is 22.4 Å². The number of amides is 4. The smallest absolute Gasteiger partial charge is 0.408 e. The second-order valence-electron chi connectivity index (χ2n) is 15.7. The molecule has 1 aliphatic heterocycles. The van der Waals surface area contributed by atoms with Crippen molar-refractivity contribution >= 4 is 44.9 Å². The van der Waals surface area contributed by atoms with Crippen LogP contribution in [0.1, 0.15) is 84.8 Å². The van der Waals surface area contributed by atoms with Gasteiger partial charge in [-0.3, -0.25) is 19.1 Å². The van der Waals surface area contributed by atoms with E-state index in [1.165, 1.54) is 39.2 Å². The highest BCUT2D eigenvalue weighted by molar-refractivity contribution is 7.91. The summed E-state index contributed by atoms with van der Waals surface area (Å²) in [4.78, 5) is 63.4. The van der Waals surface area contributed by atoms with Crippen molar-refractivity contribution in [1.29, 1.82) is 0 Å². The maximum absolute atomic E-state index is 15.8. The van der Waals surface area contributed by atoms with Crippen molar-refractivity contribution in [2.45, 2.75) is 119 Å². The van der Waals surface area contributed by atoms with Crippen LogP contribution in [-0.4, -0.2) is 102 Å². The molecule has 1 saturated heterocycles. The molecule has 1 aromatic heterocycles. The van der Waals surface area contributed by atoms with Crippen LogP contribution >= 0.6 is 0 Å². The number of nitrogens with zero attached hydrogens (tertiary/aromatic N) is 3. The number of rotatable bonds is 16. The number of likely N-dealkylation sites (tertiary alicyclic amines) is 1. The Balaban J connectivity index is 1.31. The predicted octanol–water partition coefficient (Wildman–Crippen LogP) is 3.93. The Morgan fingerprint density at radius 1 is 1.07 bits per heavy atom. The van der Waals surface area contributed by atoms with Gasteiger partial charge >= 0.3 is 6.09 Å². The molecular weight excluding hydrogens is 768 g/mol. The minimum Gasteiger partial charge on any atom is -0.497 e. The molecule has 3 saturated carbocycles. The Kier molecular flexibility index (Phi) is 10.9. The summed E-state index contributed by atoms with van der Waals surface area (Å²) < 4.78 is 103. The van der Waals surface area contributed by atoms with Gasteiger partial charge < -0.3 is 29.7 Å². The zero-order valence-electron chi connectivity index (χ0n) is 31.6. The zero-order valence-corrected chi connectivity index (χ0v) is 32.4. The summed E-state index contributed by atoms with van der Waals surface area (Å²) in [5, 5.41) is 4.65. The number of ether oxygens (including phenoxy) is 3. The van der Waals surface area contributed by atoms with Crippen LogP contribution in [0.3, 0.4) is 0 Å². The van der Waals surface area contributed by atoms with Gasteiger partial charge in [0.15, 0.2) is 5.69 Å². The number of benzene rings is 1. The molecule has 4 amide bonds. The molecule has 2 heterocycles. The molecule has 3 aliphatic carbocycles. The number of alkyl halides is 4. The van der Waals surface area contributed by atoms with Crippen molar-refractivity contribution in [2.75, 3.05) is 20.2 Å². The summed E-state index contributed by atoms with van der Waals surface area (Å²) in [5.74, 6) is -9.88. The number of unbranched alkanes of at least 4 members (excludes halogenated alkanes) is 1. The van der Waals surface area contributed by atoms with Crippen molar-refractivity contribution in [3.63, 3.8) is 0 Å². The first-order chi connectivity index (χ1) is 26.2. The van der Waals surface area contributed by atoms with E-state index in [-0.39, 0.29) is 30.3 Å². The Morgan fingerprint density at radius 3 is 2.36 bits per heavy atom. The van der Waals surface area contributed by atoms with Gasteiger partial charge in [-0.25, -0.2) is 32.0 Å². The lowest BCUT2D eigenvalue weighted by molar-refractivity contribution is -0.140. The van der Waals surface area contributed by atoms with Crippen molar-refractivity contribution in [2.24, 2.45) is 11.8 Å². The molecule has 6 rings (SSSR count). The number of alkyl carbamates (subject to hydrolysis) is 1. The number of halogens is 4. The summed E-state index contributed by atoms with van der Waals surface area (Å²) in [6.07, 6.45) is -4.12. The van der Waals surface area contributed by atoms with Gasteiger partial charge in [0.1, 0.15) is 35.6 Å². The lowest BCUT2D eigenvalue weighted by Crippen LogP contribution is -2.59. The first-order valence-electron chi connectivity index (χ1n) is 18.5. The number of nitrogens with one attached hydrogen (secondary N) is 3.